The second-order valence-electron chi connectivity index (χ2n) is 3.40. The molecule has 0 bridgehead atoms. The molecule has 2 aromatic carbocycles. The Balaban J connectivity index is 0.000000562. The zero-order valence-electron chi connectivity index (χ0n) is 8.75. The van der Waals surface area contributed by atoms with E-state index >= 15 is 0 Å². The van der Waals surface area contributed by atoms with E-state index in [0.29, 0.717) is 0 Å². The Labute approximate surface area is 110 Å². The van der Waals surface area contributed by atoms with Gasteiger partial charge in [-0.25, -0.2) is 0 Å². The van der Waals surface area contributed by atoms with Gasteiger partial charge in [-0.1, -0.05) is 35.4 Å². The van der Waals surface area contributed by atoms with Crippen LogP contribution in [0.2, 0.25) is 0 Å². The van der Waals surface area contributed by atoms with Gasteiger partial charge in [0.15, 0.2) is 0 Å². The van der Waals surface area contributed by atoms with Gasteiger partial charge < -0.3 is 7.43 Å². The molecular weight excluding hydrogens is 259 g/mol. The van der Waals surface area contributed by atoms with Crippen molar-refractivity contribution < 1.29 is 26.2 Å². The zero-order chi connectivity index (χ0) is 8.67. The largest absolute Gasteiger partial charge is 2.00 e. The van der Waals surface area contributed by atoms with Crippen molar-refractivity contribution in [1.29, 1.82) is 0 Å². The SMILES string of the molecule is [CH3-].[Zr+2].[c-]1cccc2c1Cc1ccccc1-2. The topological polar surface area (TPSA) is 0 Å². The quantitative estimate of drug-likeness (QED) is 0.549. The summed E-state index contributed by atoms with van der Waals surface area (Å²) in [7, 11) is 0. The van der Waals surface area contributed by atoms with Crippen molar-refractivity contribution >= 4 is 0 Å². The fourth-order valence-electron chi connectivity index (χ4n) is 2.00. The van der Waals surface area contributed by atoms with Crippen LogP contribution in [0.1, 0.15) is 11.1 Å². The Hall–Kier alpha value is -0.677. The maximum absolute atomic E-state index is 3.30. The van der Waals surface area contributed by atoms with E-state index in [1.54, 1.807) is 0 Å². The fourth-order valence-corrected chi connectivity index (χ4v) is 2.00. The van der Waals surface area contributed by atoms with Crippen molar-refractivity contribution in [2.75, 3.05) is 0 Å². The van der Waals surface area contributed by atoms with Crippen LogP contribution in [0.5, 0.6) is 0 Å². The molecule has 2 aromatic rings. The van der Waals surface area contributed by atoms with Gasteiger partial charge in [0, 0.05) is 0 Å². The minimum Gasteiger partial charge on any atom is -0.358 e. The first-order chi connectivity index (χ1) is 6.45. The van der Waals surface area contributed by atoms with Crippen LogP contribution in [0.25, 0.3) is 11.1 Å². The van der Waals surface area contributed by atoms with E-state index in [9.17, 15) is 0 Å². The number of hydrogen-bond donors (Lipinski definition) is 0. The smallest absolute Gasteiger partial charge is 0.358 e. The molecule has 0 aliphatic heterocycles. The molecule has 1 aliphatic rings. The van der Waals surface area contributed by atoms with Gasteiger partial charge in [-0.2, -0.15) is 29.8 Å². The minimum absolute atomic E-state index is 0. The summed E-state index contributed by atoms with van der Waals surface area (Å²) in [6.07, 6.45) is 1.05. The Morgan fingerprint density at radius 2 is 1.67 bits per heavy atom. The Kier molecular flexibility index (Phi) is 4.05. The first-order valence-electron chi connectivity index (χ1n) is 4.53. The van der Waals surface area contributed by atoms with Crippen LogP contribution in [0.4, 0.5) is 0 Å². The summed E-state index contributed by atoms with van der Waals surface area (Å²) in [4.78, 5) is 0. The molecule has 0 fully saturated rings. The number of benzene rings is 2. The van der Waals surface area contributed by atoms with Crippen LogP contribution in [0.15, 0.2) is 42.5 Å². The summed E-state index contributed by atoms with van der Waals surface area (Å²) >= 11 is 0. The van der Waals surface area contributed by atoms with Crippen molar-refractivity contribution in [3.63, 3.8) is 0 Å². The third-order valence-corrected chi connectivity index (χ3v) is 2.62. The van der Waals surface area contributed by atoms with E-state index in [2.05, 4.69) is 42.5 Å². The number of rotatable bonds is 0. The van der Waals surface area contributed by atoms with E-state index in [1.165, 1.54) is 22.3 Å². The molecule has 0 radical (unpaired) electrons. The van der Waals surface area contributed by atoms with Gasteiger partial charge in [0.25, 0.3) is 0 Å². The van der Waals surface area contributed by atoms with E-state index in [4.69, 9.17) is 0 Å². The molecule has 0 atom stereocenters. The fraction of sp³-hybridized carbons (Fsp3) is 0.0714. The normalized spacial score (nSPS) is 10.7. The second kappa shape index (κ2) is 4.90. The summed E-state index contributed by atoms with van der Waals surface area (Å²) in [5.74, 6) is 0. The van der Waals surface area contributed by atoms with Gasteiger partial charge in [-0.15, -0.1) is 5.56 Å². The van der Waals surface area contributed by atoms with Gasteiger partial charge >= 0.3 is 26.2 Å². The molecule has 72 valence electrons. The van der Waals surface area contributed by atoms with E-state index < -0.39 is 0 Å². The van der Waals surface area contributed by atoms with E-state index in [1.807, 2.05) is 6.07 Å². The summed E-state index contributed by atoms with van der Waals surface area (Å²) in [6.45, 7) is 0. The molecule has 15 heavy (non-hydrogen) atoms. The molecule has 0 amide bonds. The van der Waals surface area contributed by atoms with E-state index in [0.717, 1.165) is 6.42 Å². The maximum atomic E-state index is 3.30. The molecule has 0 saturated carbocycles. The average molecular weight is 271 g/mol. The predicted octanol–water partition coefficient (Wildman–Crippen LogP) is 3.51. The van der Waals surface area contributed by atoms with Crippen molar-refractivity contribution in [2.24, 2.45) is 0 Å². The molecule has 0 aromatic heterocycles. The predicted molar refractivity (Wildman–Crippen MR) is 59.9 cm³/mol. The summed E-state index contributed by atoms with van der Waals surface area (Å²) in [6, 6.07) is 18.1. The molecule has 0 heterocycles. The van der Waals surface area contributed by atoms with Crippen LogP contribution >= 0.6 is 0 Å². The third-order valence-electron chi connectivity index (χ3n) is 2.62. The monoisotopic (exact) mass is 270 g/mol. The van der Waals surface area contributed by atoms with Crippen LogP contribution in [0, 0.1) is 13.5 Å². The van der Waals surface area contributed by atoms with Crippen LogP contribution < -0.4 is 0 Å². The molecule has 3 rings (SSSR count). The van der Waals surface area contributed by atoms with Crippen LogP contribution in [-0.4, -0.2) is 0 Å². The third kappa shape index (κ3) is 1.99. The van der Waals surface area contributed by atoms with Crippen LogP contribution in [0.3, 0.4) is 0 Å². The Morgan fingerprint density at radius 1 is 0.933 bits per heavy atom. The number of hydrogen-bond acceptors (Lipinski definition) is 0. The van der Waals surface area contributed by atoms with Crippen molar-refractivity contribution in [3.05, 3.63) is 67.1 Å². The van der Waals surface area contributed by atoms with Gasteiger partial charge in [-0.3, -0.25) is 0 Å². The number of fused-ring (bicyclic) bond motifs is 3. The van der Waals surface area contributed by atoms with Crippen molar-refractivity contribution in [1.82, 2.24) is 0 Å². The van der Waals surface area contributed by atoms with Crippen LogP contribution in [-0.2, 0) is 32.6 Å². The van der Waals surface area contributed by atoms with E-state index in [-0.39, 0.29) is 33.6 Å². The van der Waals surface area contributed by atoms with Gasteiger partial charge in [0.05, 0.1) is 0 Å². The average Bonchev–Trinajstić information content (AvgIpc) is 2.56. The molecule has 0 spiro atoms. The molecule has 1 heteroatoms. The molecule has 0 unspecified atom stereocenters. The first-order valence-corrected chi connectivity index (χ1v) is 4.53. The summed E-state index contributed by atoms with van der Waals surface area (Å²) in [5, 5.41) is 0. The molecule has 0 N–H and O–H groups in total. The van der Waals surface area contributed by atoms with Gasteiger partial charge in [0.1, 0.15) is 0 Å². The summed E-state index contributed by atoms with van der Waals surface area (Å²) < 4.78 is 0. The standard InChI is InChI=1S/C13H9.CH3.Zr/c1-3-7-12-10(5-1)9-11-6-2-4-8-13(11)12;;/h1-5,7-8H,9H2;1H3;/q2*-1;+2. The first kappa shape index (κ1) is 12.4. The minimum atomic E-state index is 0. The Bertz CT molecular complexity index is 417. The maximum Gasteiger partial charge on any atom is 2.00 e. The Morgan fingerprint density at radius 3 is 2.53 bits per heavy atom. The molecule has 0 nitrogen and oxygen atoms in total. The van der Waals surface area contributed by atoms with Gasteiger partial charge in [0.2, 0.25) is 0 Å². The summed E-state index contributed by atoms with van der Waals surface area (Å²) in [5.41, 5.74) is 5.51. The second-order valence-corrected chi connectivity index (χ2v) is 3.40. The van der Waals surface area contributed by atoms with Crippen molar-refractivity contribution in [2.45, 2.75) is 6.42 Å². The molecule has 1 aliphatic carbocycles. The van der Waals surface area contributed by atoms with Gasteiger partial charge in [-0.05, 0) is 6.42 Å². The van der Waals surface area contributed by atoms with Crippen molar-refractivity contribution in [3.8, 4) is 11.1 Å². The zero-order valence-corrected chi connectivity index (χ0v) is 11.2. The molecule has 0 saturated heterocycles. The molecular formula is C14H12Zr.